The summed E-state index contributed by atoms with van der Waals surface area (Å²) in [6.07, 6.45) is 3.15. The average molecular weight is 475 g/mol. The Balaban J connectivity index is 1.95. The number of carbonyl (C=O) groups excluding carboxylic acids is 2. The summed E-state index contributed by atoms with van der Waals surface area (Å²) in [5.74, 6) is -2.35. The molecule has 35 heavy (non-hydrogen) atoms. The zero-order valence-corrected chi connectivity index (χ0v) is 20.1. The van der Waals surface area contributed by atoms with Gasteiger partial charge in [-0.15, -0.1) is 0 Å². The molecule has 1 aromatic heterocycles. The number of methoxy groups -OCH3 is 1. The number of aliphatic hydroxyl groups excluding tert-OH is 1. The van der Waals surface area contributed by atoms with Gasteiger partial charge in [0.2, 0.25) is 0 Å². The highest BCUT2D eigenvalue weighted by molar-refractivity contribution is 6.46. The summed E-state index contributed by atoms with van der Waals surface area (Å²) < 4.78 is 20.5. The van der Waals surface area contributed by atoms with Crippen molar-refractivity contribution in [1.29, 1.82) is 0 Å². The number of likely N-dealkylation sites (tertiary alicyclic amines) is 1. The fourth-order valence-electron chi connectivity index (χ4n) is 4.25. The lowest BCUT2D eigenvalue weighted by Gasteiger charge is -2.26. The van der Waals surface area contributed by atoms with E-state index in [1.165, 1.54) is 30.2 Å². The van der Waals surface area contributed by atoms with Crippen molar-refractivity contribution < 1.29 is 23.8 Å². The van der Waals surface area contributed by atoms with Gasteiger partial charge in [0.25, 0.3) is 11.7 Å². The van der Waals surface area contributed by atoms with Gasteiger partial charge in [0.05, 0.1) is 24.3 Å². The van der Waals surface area contributed by atoms with Crippen LogP contribution in [0.25, 0.3) is 5.76 Å². The van der Waals surface area contributed by atoms with E-state index in [0.717, 1.165) is 11.1 Å². The highest BCUT2D eigenvalue weighted by Crippen LogP contribution is 2.43. The highest BCUT2D eigenvalue weighted by atomic mass is 19.1. The van der Waals surface area contributed by atoms with Crippen molar-refractivity contribution in [3.8, 4) is 5.75 Å². The maximum absolute atomic E-state index is 15.0. The number of rotatable bonds is 5. The van der Waals surface area contributed by atoms with E-state index in [1.54, 1.807) is 42.7 Å². The zero-order chi connectivity index (χ0) is 25.3. The molecule has 0 aliphatic carbocycles. The lowest BCUT2D eigenvalue weighted by Crippen LogP contribution is -2.29. The van der Waals surface area contributed by atoms with Crippen LogP contribution in [-0.2, 0) is 21.5 Å². The quantitative estimate of drug-likeness (QED) is 0.314. The lowest BCUT2D eigenvalue weighted by molar-refractivity contribution is -0.140. The second kappa shape index (κ2) is 9.33. The Morgan fingerprint density at radius 2 is 1.77 bits per heavy atom. The lowest BCUT2D eigenvalue weighted by atomic mass is 9.85. The summed E-state index contributed by atoms with van der Waals surface area (Å²) in [5, 5.41) is 11.5. The Bertz CT molecular complexity index is 1310. The largest absolute Gasteiger partial charge is 0.507 e. The van der Waals surface area contributed by atoms with E-state index < -0.39 is 29.3 Å². The number of ketones is 1. The number of nitrogens with zero attached hydrogens (tertiary/aromatic N) is 2. The Labute approximate surface area is 203 Å². The van der Waals surface area contributed by atoms with Crippen LogP contribution < -0.4 is 4.74 Å². The first-order chi connectivity index (χ1) is 16.6. The van der Waals surface area contributed by atoms with Gasteiger partial charge in [-0.1, -0.05) is 45.0 Å². The van der Waals surface area contributed by atoms with Crippen molar-refractivity contribution in [2.45, 2.75) is 38.8 Å². The third-order valence-corrected chi connectivity index (χ3v) is 6.16. The van der Waals surface area contributed by atoms with Gasteiger partial charge in [0, 0.05) is 24.5 Å². The fraction of sp³-hybridized carbons (Fsp3) is 0.250. The van der Waals surface area contributed by atoms with Gasteiger partial charge in [-0.25, -0.2) is 4.39 Å². The summed E-state index contributed by atoms with van der Waals surface area (Å²) in [6.45, 7) is 6.10. The molecule has 0 saturated carbocycles. The molecule has 7 heteroatoms. The Kier molecular flexibility index (Phi) is 6.43. The Morgan fingerprint density at radius 1 is 1.09 bits per heavy atom. The molecule has 1 fully saturated rings. The molecule has 2 heterocycles. The van der Waals surface area contributed by atoms with Gasteiger partial charge < -0.3 is 14.7 Å². The molecule has 1 amide bonds. The molecular weight excluding hydrogens is 447 g/mol. The predicted molar refractivity (Wildman–Crippen MR) is 130 cm³/mol. The van der Waals surface area contributed by atoms with Crippen molar-refractivity contribution in [1.82, 2.24) is 9.88 Å². The number of aromatic nitrogens is 1. The number of amides is 1. The summed E-state index contributed by atoms with van der Waals surface area (Å²) >= 11 is 0. The van der Waals surface area contributed by atoms with Crippen molar-refractivity contribution in [2.75, 3.05) is 7.11 Å². The number of pyridine rings is 1. The van der Waals surface area contributed by atoms with Crippen LogP contribution in [0, 0.1) is 5.82 Å². The summed E-state index contributed by atoms with van der Waals surface area (Å²) in [5.41, 5.74) is 1.57. The Morgan fingerprint density at radius 3 is 2.40 bits per heavy atom. The van der Waals surface area contributed by atoms with Crippen molar-refractivity contribution in [2.24, 2.45) is 0 Å². The second-order valence-electron chi connectivity index (χ2n) is 9.47. The normalized spacial score (nSPS) is 17.6. The molecule has 1 unspecified atom stereocenters. The standard InChI is InChI=1S/C28H27FN2O4/c1-28(2,3)18-9-10-22(35-4)20(15-18)25(32)23-24(19-7-5-6-8-21(19)29)31(27(34)26(23)33)16-17-11-13-30-14-12-17/h5-15,24,32H,16H2,1-4H3/b25-23+. The SMILES string of the molecule is COc1ccc(C(C)(C)C)cc1/C(O)=C1\C(=O)C(=O)N(Cc2ccncc2)C1c1ccccc1F. The van der Waals surface area contributed by atoms with Gasteiger partial charge >= 0.3 is 0 Å². The van der Waals surface area contributed by atoms with E-state index in [9.17, 15) is 14.7 Å². The number of Topliss-reactive ketones (excluding diaryl/α,β-unsaturated/α-hetero) is 1. The monoisotopic (exact) mass is 474 g/mol. The smallest absolute Gasteiger partial charge is 0.295 e. The van der Waals surface area contributed by atoms with E-state index in [2.05, 4.69) is 4.98 Å². The Hall–Kier alpha value is -4.00. The minimum Gasteiger partial charge on any atom is -0.507 e. The van der Waals surface area contributed by atoms with E-state index >= 15 is 4.39 Å². The van der Waals surface area contributed by atoms with Crippen molar-refractivity contribution in [3.63, 3.8) is 0 Å². The van der Waals surface area contributed by atoms with Gasteiger partial charge in [0.1, 0.15) is 17.3 Å². The van der Waals surface area contributed by atoms with Crippen LogP contribution in [-0.4, -0.2) is 33.8 Å². The number of ether oxygens (including phenoxy) is 1. The molecule has 4 rings (SSSR count). The maximum Gasteiger partial charge on any atom is 0.295 e. The number of aliphatic hydroxyl groups is 1. The van der Waals surface area contributed by atoms with Crippen LogP contribution in [0.2, 0.25) is 0 Å². The van der Waals surface area contributed by atoms with Gasteiger partial charge in [-0.3, -0.25) is 14.6 Å². The number of benzene rings is 2. The third-order valence-electron chi connectivity index (χ3n) is 6.16. The number of halogens is 1. The first kappa shape index (κ1) is 24.1. The molecular formula is C28H27FN2O4. The second-order valence-corrected chi connectivity index (χ2v) is 9.47. The average Bonchev–Trinajstić information content (AvgIpc) is 3.08. The van der Waals surface area contributed by atoms with Crippen molar-refractivity contribution in [3.05, 3.63) is 101 Å². The van der Waals surface area contributed by atoms with E-state index in [-0.39, 0.29) is 28.7 Å². The predicted octanol–water partition coefficient (Wildman–Crippen LogP) is 5.15. The maximum atomic E-state index is 15.0. The number of hydrogen-bond acceptors (Lipinski definition) is 5. The number of hydrogen-bond donors (Lipinski definition) is 1. The van der Waals surface area contributed by atoms with Crippen LogP contribution in [0.15, 0.2) is 72.6 Å². The number of carbonyl (C=O) groups is 2. The molecule has 1 aliphatic rings. The first-order valence-electron chi connectivity index (χ1n) is 11.2. The summed E-state index contributed by atoms with van der Waals surface area (Å²) in [4.78, 5) is 31.8. The molecule has 6 nitrogen and oxygen atoms in total. The third kappa shape index (κ3) is 4.54. The van der Waals surface area contributed by atoms with Crippen LogP contribution in [0.3, 0.4) is 0 Å². The molecule has 1 aliphatic heterocycles. The highest BCUT2D eigenvalue weighted by Gasteiger charge is 2.47. The molecule has 1 saturated heterocycles. The van der Waals surface area contributed by atoms with Crippen LogP contribution in [0.1, 0.15) is 49.1 Å². The molecule has 0 radical (unpaired) electrons. The molecule has 1 atom stereocenters. The zero-order valence-electron chi connectivity index (χ0n) is 20.1. The van der Waals surface area contributed by atoms with E-state index in [0.29, 0.717) is 5.75 Å². The van der Waals surface area contributed by atoms with Gasteiger partial charge in [-0.2, -0.15) is 0 Å². The topological polar surface area (TPSA) is 79.7 Å². The molecule has 180 valence electrons. The minimum atomic E-state index is -1.12. The van der Waals surface area contributed by atoms with Gasteiger partial charge in [0.15, 0.2) is 0 Å². The van der Waals surface area contributed by atoms with Crippen molar-refractivity contribution >= 4 is 17.4 Å². The summed E-state index contributed by atoms with van der Waals surface area (Å²) in [7, 11) is 1.46. The first-order valence-corrected chi connectivity index (χ1v) is 11.2. The van der Waals surface area contributed by atoms with Gasteiger partial charge in [-0.05, 0) is 46.9 Å². The van der Waals surface area contributed by atoms with E-state index in [4.69, 9.17) is 4.74 Å². The fourth-order valence-corrected chi connectivity index (χ4v) is 4.25. The molecule has 0 spiro atoms. The molecule has 0 bridgehead atoms. The molecule has 2 aromatic carbocycles. The van der Waals surface area contributed by atoms with E-state index in [1.807, 2.05) is 26.8 Å². The summed E-state index contributed by atoms with van der Waals surface area (Å²) in [6, 6.07) is 13.6. The van der Waals surface area contributed by atoms with Crippen LogP contribution in [0.5, 0.6) is 5.75 Å². The minimum absolute atomic E-state index is 0.0437. The van der Waals surface area contributed by atoms with Crippen LogP contribution in [0.4, 0.5) is 4.39 Å². The van der Waals surface area contributed by atoms with Crippen LogP contribution >= 0.6 is 0 Å². The molecule has 1 N–H and O–H groups in total. The molecule has 3 aromatic rings.